The molecule has 11 heteroatoms. The fraction of sp³-hybridized carbons (Fsp3) is 0.462. The molecule has 1 aliphatic rings. The summed E-state index contributed by atoms with van der Waals surface area (Å²) < 4.78 is 28.2. The van der Waals surface area contributed by atoms with Crippen molar-refractivity contribution in [1.82, 2.24) is 4.90 Å². The Labute approximate surface area is 139 Å². The number of anilines is 1. The van der Waals surface area contributed by atoms with Gasteiger partial charge in [0.25, 0.3) is 5.69 Å². The second-order valence-corrected chi connectivity index (χ2v) is 6.81. The normalized spacial score (nSPS) is 18.8. The van der Waals surface area contributed by atoms with Gasteiger partial charge in [0, 0.05) is 25.7 Å². The van der Waals surface area contributed by atoms with Gasteiger partial charge in [0.1, 0.15) is 5.69 Å². The number of hydrogen-bond acceptors (Lipinski definition) is 8. The van der Waals surface area contributed by atoms with Gasteiger partial charge in [0.2, 0.25) is 10.0 Å². The van der Waals surface area contributed by atoms with Crippen LogP contribution in [-0.4, -0.2) is 57.1 Å². The van der Waals surface area contributed by atoms with Crippen molar-refractivity contribution in [3.63, 3.8) is 0 Å². The lowest BCUT2D eigenvalue weighted by atomic mass is 10.2. The summed E-state index contributed by atoms with van der Waals surface area (Å²) in [7, 11) is -4.02. The zero-order valence-electron chi connectivity index (χ0n) is 12.7. The lowest BCUT2D eigenvalue weighted by Gasteiger charge is -2.31. The van der Waals surface area contributed by atoms with Crippen LogP contribution in [-0.2, 0) is 14.8 Å². The molecule has 24 heavy (non-hydrogen) atoms. The average molecular weight is 355 g/mol. The van der Waals surface area contributed by atoms with Crippen LogP contribution < -0.4 is 10.5 Å². The first-order chi connectivity index (χ1) is 11.3. The van der Waals surface area contributed by atoms with Crippen molar-refractivity contribution >= 4 is 21.4 Å². The molecule has 10 nitrogen and oxygen atoms in total. The van der Waals surface area contributed by atoms with Crippen LogP contribution in [0.15, 0.2) is 23.1 Å². The predicted molar refractivity (Wildman–Crippen MR) is 84.8 cm³/mol. The number of ether oxygens (including phenoxy) is 1. The number of nitro groups is 1. The molecule has 1 heterocycles. The van der Waals surface area contributed by atoms with Gasteiger partial charge in [-0.25, -0.2) is 13.6 Å². The lowest BCUT2D eigenvalue weighted by Crippen LogP contribution is -2.45. The van der Waals surface area contributed by atoms with Gasteiger partial charge in [-0.2, -0.15) is 5.26 Å². The second kappa shape index (κ2) is 7.54. The van der Waals surface area contributed by atoms with Crippen molar-refractivity contribution in [2.24, 2.45) is 5.14 Å². The number of sulfonamides is 1. The molecule has 0 amide bonds. The van der Waals surface area contributed by atoms with Gasteiger partial charge in [0.15, 0.2) is 0 Å². The van der Waals surface area contributed by atoms with Crippen LogP contribution in [0.2, 0.25) is 0 Å². The Morgan fingerprint density at radius 2 is 2.29 bits per heavy atom. The summed E-state index contributed by atoms with van der Waals surface area (Å²) in [5.41, 5.74) is -0.209. The molecule has 1 saturated heterocycles. The van der Waals surface area contributed by atoms with Gasteiger partial charge in [-0.1, -0.05) is 0 Å². The molecule has 0 radical (unpaired) electrons. The van der Waals surface area contributed by atoms with Crippen molar-refractivity contribution in [3.8, 4) is 6.07 Å². The molecule has 0 bridgehead atoms. The summed E-state index contributed by atoms with van der Waals surface area (Å²) >= 11 is 0. The summed E-state index contributed by atoms with van der Waals surface area (Å²) in [5.74, 6) is 0. The minimum Gasteiger partial charge on any atom is -0.377 e. The molecule has 1 aromatic carbocycles. The van der Waals surface area contributed by atoms with Crippen LogP contribution in [0.25, 0.3) is 0 Å². The molecule has 0 spiro atoms. The summed E-state index contributed by atoms with van der Waals surface area (Å²) in [5, 5.41) is 27.7. The van der Waals surface area contributed by atoms with E-state index >= 15 is 0 Å². The molecule has 1 atom stereocenters. The molecule has 0 aromatic heterocycles. The van der Waals surface area contributed by atoms with E-state index in [-0.39, 0.29) is 28.9 Å². The Morgan fingerprint density at radius 1 is 1.54 bits per heavy atom. The number of nitriles is 1. The molecule has 0 saturated carbocycles. The van der Waals surface area contributed by atoms with E-state index in [1.54, 1.807) is 0 Å². The van der Waals surface area contributed by atoms with Gasteiger partial charge in [-0.3, -0.25) is 15.0 Å². The first kappa shape index (κ1) is 18.1. The third-order valence-electron chi connectivity index (χ3n) is 3.53. The summed E-state index contributed by atoms with van der Waals surface area (Å²) in [6.45, 7) is 2.25. The number of nitrogens with two attached hydrogens (primary N) is 1. The van der Waals surface area contributed by atoms with E-state index in [0.717, 1.165) is 6.07 Å². The third-order valence-corrected chi connectivity index (χ3v) is 4.44. The largest absolute Gasteiger partial charge is 0.377 e. The number of nitro benzene ring substituents is 1. The Balaban J connectivity index is 2.09. The van der Waals surface area contributed by atoms with Crippen molar-refractivity contribution in [2.75, 3.05) is 38.1 Å². The van der Waals surface area contributed by atoms with Gasteiger partial charge >= 0.3 is 0 Å². The van der Waals surface area contributed by atoms with Crippen molar-refractivity contribution in [1.29, 1.82) is 5.26 Å². The van der Waals surface area contributed by atoms with Crippen molar-refractivity contribution < 1.29 is 18.1 Å². The van der Waals surface area contributed by atoms with E-state index in [4.69, 9.17) is 15.1 Å². The van der Waals surface area contributed by atoms with E-state index in [2.05, 4.69) is 11.4 Å². The van der Waals surface area contributed by atoms with E-state index < -0.39 is 14.9 Å². The number of nitrogens with one attached hydrogen (secondary N) is 1. The third kappa shape index (κ3) is 4.62. The minimum absolute atomic E-state index is 0.174. The molecular weight excluding hydrogens is 338 g/mol. The van der Waals surface area contributed by atoms with E-state index in [1.807, 2.05) is 4.90 Å². The zero-order chi connectivity index (χ0) is 17.7. The molecule has 1 aliphatic heterocycles. The van der Waals surface area contributed by atoms with Crippen LogP contribution in [0.5, 0.6) is 0 Å². The maximum absolute atomic E-state index is 11.3. The maximum atomic E-state index is 11.3. The molecule has 0 unspecified atom stereocenters. The van der Waals surface area contributed by atoms with Gasteiger partial charge in [-0.15, -0.1) is 0 Å². The number of benzene rings is 1. The Hall–Kier alpha value is -2.26. The number of morpholine rings is 1. The summed E-state index contributed by atoms with van der Waals surface area (Å²) in [4.78, 5) is 12.1. The first-order valence-electron chi connectivity index (χ1n) is 7.07. The van der Waals surface area contributed by atoms with Crippen molar-refractivity contribution in [2.45, 2.75) is 11.0 Å². The molecule has 0 aliphatic carbocycles. The van der Waals surface area contributed by atoms with E-state index in [1.165, 1.54) is 12.1 Å². The number of primary sulfonamides is 1. The molecule has 130 valence electrons. The summed E-state index contributed by atoms with van der Waals surface area (Å²) in [6.07, 6.45) is -0.232. The zero-order valence-corrected chi connectivity index (χ0v) is 13.5. The minimum atomic E-state index is -4.02. The average Bonchev–Trinajstić information content (AvgIpc) is 2.52. The van der Waals surface area contributed by atoms with E-state index in [0.29, 0.717) is 26.2 Å². The second-order valence-electron chi connectivity index (χ2n) is 5.25. The topological polar surface area (TPSA) is 152 Å². The molecule has 1 aromatic rings. The monoisotopic (exact) mass is 355 g/mol. The quantitative estimate of drug-likeness (QED) is 0.407. The first-order valence-corrected chi connectivity index (χ1v) is 8.62. The highest BCUT2D eigenvalue weighted by Crippen LogP contribution is 2.27. The molecule has 3 N–H and O–H groups in total. The Morgan fingerprint density at radius 3 is 2.92 bits per heavy atom. The number of hydrogen-bond donors (Lipinski definition) is 2. The highest BCUT2D eigenvalue weighted by atomic mass is 32.2. The van der Waals surface area contributed by atoms with Crippen molar-refractivity contribution in [3.05, 3.63) is 28.3 Å². The smallest absolute Gasteiger partial charge is 0.293 e. The molecule has 2 rings (SSSR count). The number of nitrogens with zero attached hydrogens (tertiary/aromatic N) is 3. The van der Waals surface area contributed by atoms with Crippen LogP contribution in [0.3, 0.4) is 0 Å². The van der Waals surface area contributed by atoms with Gasteiger partial charge < -0.3 is 10.1 Å². The maximum Gasteiger partial charge on any atom is 0.293 e. The fourth-order valence-electron chi connectivity index (χ4n) is 2.36. The lowest BCUT2D eigenvalue weighted by molar-refractivity contribution is -0.384. The highest BCUT2D eigenvalue weighted by Gasteiger charge is 2.23. The fourth-order valence-corrected chi connectivity index (χ4v) is 2.89. The predicted octanol–water partition coefficient (Wildman–Crippen LogP) is -0.122. The standard InChI is InChI=1S/C13H17N5O5S/c14-3-4-17-5-6-23-10(9-17)8-16-12-2-1-11(24(15,21)22)7-13(12)18(19)20/h1-2,7,10,16H,4-6,8-9H2,(H2,15,21,22)/t10-/m0/s1. The van der Waals surface area contributed by atoms with Crippen LogP contribution in [0.1, 0.15) is 0 Å². The molecule has 1 fully saturated rings. The summed E-state index contributed by atoms with van der Waals surface area (Å²) in [6, 6.07) is 5.49. The molecular formula is C13H17N5O5S. The SMILES string of the molecule is N#CCN1CCO[C@@H](CNc2ccc(S(N)(=O)=O)cc2[N+](=O)[O-])C1. The van der Waals surface area contributed by atoms with Crippen LogP contribution >= 0.6 is 0 Å². The number of rotatable bonds is 6. The van der Waals surface area contributed by atoms with Crippen LogP contribution in [0, 0.1) is 21.4 Å². The van der Waals surface area contributed by atoms with E-state index in [9.17, 15) is 18.5 Å². The Kier molecular flexibility index (Phi) is 5.68. The Bertz CT molecular complexity index is 761. The van der Waals surface area contributed by atoms with Gasteiger partial charge in [-0.05, 0) is 12.1 Å². The van der Waals surface area contributed by atoms with Gasteiger partial charge in [0.05, 0.1) is 35.1 Å². The van der Waals surface area contributed by atoms with Crippen LogP contribution in [0.4, 0.5) is 11.4 Å². The highest BCUT2D eigenvalue weighted by molar-refractivity contribution is 7.89.